The molecule has 0 fully saturated rings. The number of thiophene rings is 1. The zero-order valence-electron chi connectivity index (χ0n) is 13.9. The Morgan fingerprint density at radius 2 is 1.85 bits per heavy atom. The highest BCUT2D eigenvalue weighted by molar-refractivity contribution is 7.09. The van der Waals surface area contributed by atoms with Gasteiger partial charge in [0.25, 0.3) is 5.69 Å². The van der Waals surface area contributed by atoms with Crippen LogP contribution in [0.15, 0.2) is 48.1 Å². The third-order valence-corrected chi connectivity index (χ3v) is 4.50. The molecular formula is C16H14N6O4S. The molecule has 0 atom stereocenters. The van der Waals surface area contributed by atoms with E-state index in [9.17, 15) is 20.2 Å². The lowest BCUT2D eigenvalue weighted by Crippen LogP contribution is -2.10. The molecule has 11 heteroatoms. The van der Waals surface area contributed by atoms with Gasteiger partial charge in [0.05, 0.1) is 9.85 Å². The van der Waals surface area contributed by atoms with Gasteiger partial charge in [0.2, 0.25) is 11.6 Å². The van der Waals surface area contributed by atoms with Gasteiger partial charge >= 0.3 is 5.69 Å². The van der Waals surface area contributed by atoms with Crippen molar-refractivity contribution in [2.45, 2.75) is 6.42 Å². The Hall–Kier alpha value is -3.60. The molecule has 2 N–H and O–H groups in total. The number of nitrogens with zero attached hydrogens (tertiary/aromatic N) is 4. The van der Waals surface area contributed by atoms with Gasteiger partial charge in [-0.25, -0.2) is 9.97 Å². The van der Waals surface area contributed by atoms with E-state index in [0.717, 1.165) is 4.88 Å². The molecule has 0 aliphatic rings. The summed E-state index contributed by atoms with van der Waals surface area (Å²) in [7, 11) is 0. The van der Waals surface area contributed by atoms with E-state index in [1.165, 1.54) is 24.5 Å². The second-order valence-electron chi connectivity index (χ2n) is 5.37. The van der Waals surface area contributed by atoms with Gasteiger partial charge < -0.3 is 10.6 Å². The Balaban J connectivity index is 1.81. The van der Waals surface area contributed by atoms with Crippen molar-refractivity contribution in [3.8, 4) is 0 Å². The molecule has 2 heterocycles. The summed E-state index contributed by atoms with van der Waals surface area (Å²) in [6.45, 7) is 0.467. The zero-order chi connectivity index (χ0) is 19.2. The molecule has 0 amide bonds. The number of hydrogen-bond donors (Lipinski definition) is 2. The van der Waals surface area contributed by atoms with Crippen molar-refractivity contribution in [2.24, 2.45) is 0 Å². The van der Waals surface area contributed by atoms with Gasteiger partial charge in [-0.2, -0.15) is 0 Å². The summed E-state index contributed by atoms with van der Waals surface area (Å²) in [5.41, 5.74) is -0.142. The van der Waals surface area contributed by atoms with Crippen molar-refractivity contribution in [1.29, 1.82) is 0 Å². The highest BCUT2D eigenvalue weighted by Crippen LogP contribution is 2.31. The number of rotatable bonds is 8. The molecule has 3 aromatic rings. The first-order valence-electron chi connectivity index (χ1n) is 7.81. The Morgan fingerprint density at radius 1 is 1.04 bits per heavy atom. The third kappa shape index (κ3) is 4.52. The molecule has 27 heavy (non-hydrogen) atoms. The van der Waals surface area contributed by atoms with E-state index >= 15 is 0 Å². The predicted octanol–water partition coefficient (Wildman–Crippen LogP) is 3.75. The van der Waals surface area contributed by atoms with E-state index in [1.807, 2.05) is 17.5 Å². The van der Waals surface area contributed by atoms with Crippen molar-refractivity contribution < 1.29 is 9.85 Å². The van der Waals surface area contributed by atoms with Crippen LogP contribution in [0.1, 0.15) is 4.88 Å². The van der Waals surface area contributed by atoms with Crippen LogP contribution >= 0.6 is 11.3 Å². The molecule has 3 rings (SSSR count). The minimum atomic E-state index is -0.590. The fraction of sp³-hybridized carbons (Fsp3) is 0.125. The summed E-state index contributed by atoms with van der Waals surface area (Å²) in [5, 5.41) is 30.1. The summed E-state index contributed by atoms with van der Waals surface area (Å²) in [6.07, 6.45) is 1.90. The van der Waals surface area contributed by atoms with Crippen molar-refractivity contribution in [1.82, 2.24) is 9.97 Å². The first-order valence-corrected chi connectivity index (χ1v) is 8.69. The fourth-order valence-corrected chi connectivity index (χ4v) is 3.07. The van der Waals surface area contributed by atoms with Gasteiger partial charge in [-0.05, 0) is 23.9 Å². The first-order chi connectivity index (χ1) is 13.0. The lowest BCUT2D eigenvalue weighted by Gasteiger charge is -2.09. The standard InChI is InChI=1S/C16H14N6O4S/c23-21(24)12-4-1-3-11(9-12)20-16-14(22(25)26)15(18-10-19-16)17-7-6-13-5-2-8-27-13/h1-5,8-10H,6-7H2,(H2,17,18,19,20). The van der Waals surface area contributed by atoms with Crippen LogP contribution in [0.3, 0.4) is 0 Å². The number of hydrogen-bond acceptors (Lipinski definition) is 9. The highest BCUT2D eigenvalue weighted by Gasteiger charge is 2.23. The number of nitro groups is 2. The van der Waals surface area contributed by atoms with Gasteiger partial charge in [-0.3, -0.25) is 20.2 Å². The predicted molar refractivity (Wildman–Crippen MR) is 102 cm³/mol. The number of nitrogens with one attached hydrogen (secondary N) is 2. The number of non-ortho nitro benzene ring substituents is 1. The first kappa shape index (κ1) is 18.2. The molecule has 0 bridgehead atoms. The molecule has 1 aromatic carbocycles. The molecule has 0 saturated carbocycles. The molecular weight excluding hydrogens is 372 g/mol. The van der Waals surface area contributed by atoms with E-state index in [-0.39, 0.29) is 23.0 Å². The van der Waals surface area contributed by atoms with Gasteiger partial charge in [0, 0.05) is 29.2 Å². The number of benzene rings is 1. The number of anilines is 3. The maximum absolute atomic E-state index is 11.5. The van der Waals surface area contributed by atoms with Crippen LogP contribution in [0.2, 0.25) is 0 Å². The Labute approximate surface area is 157 Å². The highest BCUT2D eigenvalue weighted by atomic mass is 32.1. The molecule has 0 radical (unpaired) electrons. The summed E-state index contributed by atoms with van der Waals surface area (Å²) >= 11 is 1.60. The molecule has 0 saturated heterocycles. The van der Waals surface area contributed by atoms with Gasteiger partial charge in [0.15, 0.2) is 0 Å². The Bertz CT molecular complexity index is 963. The summed E-state index contributed by atoms with van der Waals surface area (Å²) in [6, 6.07) is 9.56. The van der Waals surface area contributed by atoms with Crippen LogP contribution in [-0.4, -0.2) is 26.4 Å². The molecule has 2 aromatic heterocycles. The maximum Gasteiger partial charge on any atom is 0.353 e. The minimum Gasteiger partial charge on any atom is -0.364 e. The number of aromatic nitrogens is 2. The van der Waals surface area contributed by atoms with Crippen LogP contribution < -0.4 is 10.6 Å². The summed E-state index contributed by atoms with van der Waals surface area (Å²) in [5.74, 6) is 0.0357. The van der Waals surface area contributed by atoms with Crippen LogP contribution in [-0.2, 0) is 6.42 Å². The quantitative estimate of drug-likeness (QED) is 0.441. The summed E-state index contributed by atoms with van der Waals surface area (Å²) < 4.78 is 0. The second kappa shape index (κ2) is 8.19. The van der Waals surface area contributed by atoms with E-state index in [4.69, 9.17) is 0 Å². The van der Waals surface area contributed by atoms with E-state index in [1.54, 1.807) is 17.4 Å². The monoisotopic (exact) mass is 386 g/mol. The van der Waals surface area contributed by atoms with E-state index in [0.29, 0.717) is 18.7 Å². The van der Waals surface area contributed by atoms with Crippen LogP contribution in [0.4, 0.5) is 28.7 Å². The summed E-state index contributed by atoms with van der Waals surface area (Å²) in [4.78, 5) is 30.3. The minimum absolute atomic E-state index is 0.0471. The topological polar surface area (TPSA) is 136 Å². The lowest BCUT2D eigenvalue weighted by molar-refractivity contribution is -0.384. The number of nitro benzene ring substituents is 1. The largest absolute Gasteiger partial charge is 0.364 e. The molecule has 0 unspecified atom stereocenters. The van der Waals surface area contributed by atoms with Crippen LogP contribution in [0.25, 0.3) is 0 Å². The maximum atomic E-state index is 11.5. The van der Waals surface area contributed by atoms with Gasteiger partial charge in [-0.15, -0.1) is 11.3 Å². The fourth-order valence-electron chi connectivity index (χ4n) is 2.37. The molecule has 138 valence electrons. The molecule has 10 nitrogen and oxygen atoms in total. The Kier molecular flexibility index (Phi) is 5.52. The van der Waals surface area contributed by atoms with Crippen molar-refractivity contribution in [2.75, 3.05) is 17.2 Å². The molecule has 0 aliphatic heterocycles. The van der Waals surface area contributed by atoms with Crippen molar-refractivity contribution in [3.05, 3.63) is 73.2 Å². The Morgan fingerprint density at radius 3 is 2.56 bits per heavy atom. The normalized spacial score (nSPS) is 10.4. The molecule has 0 spiro atoms. The van der Waals surface area contributed by atoms with Crippen molar-refractivity contribution in [3.63, 3.8) is 0 Å². The lowest BCUT2D eigenvalue weighted by atomic mass is 10.2. The smallest absolute Gasteiger partial charge is 0.353 e. The van der Waals surface area contributed by atoms with E-state index in [2.05, 4.69) is 20.6 Å². The second-order valence-corrected chi connectivity index (χ2v) is 6.40. The van der Waals surface area contributed by atoms with Gasteiger partial charge in [0.1, 0.15) is 6.33 Å². The molecule has 0 aliphatic carbocycles. The van der Waals surface area contributed by atoms with Crippen LogP contribution in [0.5, 0.6) is 0 Å². The zero-order valence-corrected chi connectivity index (χ0v) is 14.7. The van der Waals surface area contributed by atoms with Crippen molar-refractivity contribution >= 4 is 40.0 Å². The average Bonchev–Trinajstić information content (AvgIpc) is 3.15. The van der Waals surface area contributed by atoms with Gasteiger partial charge in [-0.1, -0.05) is 12.1 Å². The SMILES string of the molecule is O=[N+]([O-])c1cccc(Nc2ncnc(NCCc3cccs3)c2[N+](=O)[O-])c1. The van der Waals surface area contributed by atoms with E-state index < -0.39 is 9.85 Å². The third-order valence-electron chi connectivity index (χ3n) is 3.57. The van der Waals surface area contributed by atoms with Crippen LogP contribution in [0, 0.1) is 20.2 Å². The average molecular weight is 386 g/mol.